The second-order valence-corrected chi connectivity index (χ2v) is 5.24. The van der Waals surface area contributed by atoms with Crippen molar-refractivity contribution in [1.29, 1.82) is 0 Å². The summed E-state index contributed by atoms with van der Waals surface area (Å²) in [6.07, 6.45) is -0.0536. The Balaban J connectivity index is 2.37. The third kappa shape index (κ3) is 4.89. The first kappa shape index (κ1) is 14.7. The highest BCUT2D eigenvalue weighted by atomic mass is 16.4. The lowest BCUT2D eigenvalue weighted by molar-refractivity contribution is -0.132. The van der Waals surface area contributed by atoms with Gasteiger partial charge < -0.3 is 20.9 Å². The Labute approximate surface area is 107 Å². The molecule has 0 aliphatic carbocycles. The number of nitrogens with two attached hydrogens (primary N) is 1. The number of hydrogen-bond acceptors (Lipinski definition) is 5. The lowest BCUT2D eigenvalue weighted by Crippen LogP contribution is -2.52. The number of amidine groups is 1. The lowest BCUT2D eigenvalue weighted by Gasteiger charge is -2.37. The number of nitrogens with zero attached hydrogens (tertiary/aromatic N) is 3. The molecular weight excluding hydrogens is 236 g/mol. The van der Waals surface area contributed by atoms with Crippen LogP contribution in [0.5, 0.6) is 0 Å². The van der Waals surface area contributed by atoms with Crippen LogP contribution in [0.1, 0.15) is 20.3 Å². The summed E-state index contributed by atoms with van der Waals surface area (Å²) in [5.41, 5.74) is 4.58. The maximum atomic E-state index is 11.7. The van der Waals surface area contributed by atoms with Crippen LogP contribution in [0.15, 0.2) is 5.16 Å². The molecule has 18 heavy (non-hydrogen) atoms. The van der Waals surface area contributed by atoms with Gasteiger partial charge in [-0.2, -0.15) is 0 Å². The van der Waals surface area contributed by atoms with Crippen LogP contribution in [0.3, 0.4) is 0 Å². The van der Waals surface area contributed by atoms with Crippen molar-refractivity contribution in [3.63, 3.8) is 0 Å². The molecule has 0 bridgehead atoms. The Hall–Kier alpha value is -1.34. The molecule has 1 saturated heterocycles. The standard InChI is InChI=1S/C11H22N4O3/c1-11(2,17)8-14-3-5-15(6-4-14)10(16)7-9(12)13-18/h17-18H,3-8H2,1-2H3,(H2,12,13). The van der Waals surface area contributed by atoms with E-state index in [1.54, 1.807) is 18.7 Å². The summed E-state index contributed by atoms with van der Waals surface area (Å²) in [6.45, 7) is 6.79. The Morgan fingerprint density at radius 2 is 1.89 bits per heavy atom. The smallest absolute Gasteiger partial charge is 0.230 e. The molecule has 0 radical (unpaired) electrons. The van der Waals surface area contributed by atoms with Gasteiger partial charge in [0.1, 0.15) is 5.84 Å². The van der Waals surface area contributed by atoms with Gasteiger partial charge >= 0.3 is 0 Å². The molecule has 1 rings (SSSR count). The van der Waals surface area contributed by atoms with E-state index in [4.69, 9.17) is 10.9 Å². The van der Waals surface area contributed by atoms with E-state index in [-0.39, 0.29) is 18.2 Å². The maximum Gasteiger partial charge on any atom is 0.230 e. The van der Waals surface area contributed by atoms with Gasteiger partial charge in [-0.3, -0.25) is 9.69 Å². The van der Waals surface area contributed by atoms with Crippen LogP contribution in [0.2, 0.25) is 0 Å². The van der Waals surface area contributed by atoms with Crippen molar-refractivity contribution in [3.8, 4) is 0 Å². The molecule has 7 nitrogen and oxygen atoms in total. The van der Waals surface area contributed by atoms with E-state index >= 15 is 0 Å². The average Bonchev–Trinajstić information content (AvgIpc) is 2.27. The number of piperazine rings is 1. The van der Waals surface area contributed by atoms with Crippen LogP contribution in [-0.2, 0) is 4.79 Å². The van der Waals surface area contributed by atoms with E-state index in [0.29, 0.717) is 19.6 Å². The third-order valence-corrected chi connectivity index (χ3v) is 2.80. The Kier molecular flexibility index (Phi) is 4.92. The molecule has 1 fully saturated rings. The van der Waals surface area contributed by atoms with Crippen LogP contribution in [0, 0.1) is 0 Å². The number of hydrogen-bond donors (Lipinski definition) is 3. The topological polar surface area (TPSA) is 102 Å². The predicted octanol–water partition coefficient (Wildman–Crippen LogP) is -0.962. The van der Waals surface area contributed by atoms with Crippen molar-refractivity contribution >= 4 is 11.7 Å². The summed E-state index contributed by atoms with van der Waals surface area (Å²) < 4.78 is 0. The summed E-state index contributed by atoms with van der Waals surface area (Å²) in [5.74, 6) is -0.202. The van der Waals surface area contributed by atoms with Gasteiger partial charge in [0.25, 0.3) is 0 Å². The molecule has 1 amide bonds. The predicted molar refractivity (Wildman–Crippen MR) is 67.3 cm³/mol. The fraction of sp³-hybridized carbons (Fsp3) is 0.818. The summed E-state index contributed by atoms with van der Waals surface area (Å²) in [6, 6.07) is 0. The zero-order valence-corrected chi connectivity index (χ0v) is 11.0. The Bertz CT molecular complexity index is 317. The minimum absolute atomic E-state index is 0.0536. The van der Waals surface area contributed by atoms with Gasteiger partial charge in [-0.15, -0.1) is 0 Å². The number of carbonyl (C=O) groups excluding carboxylic acids is 1. The summed E-state index contributed by atoms with van der Waals surface area (Å²) in [7, 11) is 0. The highest BCUT2D eigenvalue weighted by Gasteiger charge is 2.25. The Morgan fingerprint density at radius 3 is 2.33 bits per heavy atom. The molecule has 0 spiro atoms. The van der Waals surface area contributed by atoms with Crippen LogP contribution in [-0.4, -0.2) is 70.2 Å². The second-order valence-electron chi connectivity index (χ2n) is 5.24. The van der Waals surface area contributed by atoms with Crippen molar-refractivity contribution in [2.45, 2.75) is 25.9 Å². The fourth-order valence-electron chi connectivity index (χ4n) is 2.00. The highest BCUT2D eigenvalue weighted by Crippen LogP contribution is 2.09. The molecule has 4 N–H and O–H groups in total. The molecule has 0 aromatic heterocycles. The minimum atomic E-state index is -0.722. The largest absolute Gasteiger partial charge is 0.409 e. The zero-order valence-electron chi connectivity index (χ0n) is 11.0. The third-order valence-electron chi connectivity index (χ3n) is 2.80. The quantitative estimate of drug-likeness (QED) is 0.261. The number of aliphatic hydroxyl groups is 1. The van der Waals surface area contributed by atoms with E-state index < -0.39 is 5.60 Å². The summed E-state index contributed by atoms with van der Waals surface area (Å²) in [5, 5.41) is 20.9. The van der Waals surface area contributed by atoms with Crippen LogP contribution in [0.4, 0.5) is 0 Å². The van der Waals surface area contributed by atoms with E-state index in [1.807, 2.05) is 0 Å². The molecule has 1 heterocycles. The number of oxime groups is 1. The van der Waals surface area contributed by atoms with E-state index in [1.165, 1.54) is 0 Å². The average molecular weight is 258 g/mol. The molecule has 7 heteroatoms. The van der Waals surface area contributed by atoms with Gasteiger partial charge in [-0.1, -0.05) is 5.16 Å². The molecule has 104 valence electrons. The van der Waals surface area contributed by atoms with Gasteiger partial charge in [-0.05, 0) is 13.8 Å². The van der Waals surface area contributed by atoms with E-state index in [9.17, 15) is 9.90 Å². The van der Waals surface area contributed by atoms with E-state index in [2.05, 4.69) is 10.1 Å². The number of β-amino-alcohol motifs (C(OH)–C–C–N with tert-alkyl or cyclic N) is 1. The molecular formula is C11H22N4O3. The number of amides is 1. The van der Waals surface area contributed by atoms with Gasteiger partial charge in [0.15, 0.2) is 0 Å². The summed E-state index contributed by atoms with van der Waals surface area (Å²) >= 11 is 0. The SMILES string of the molecule is CC(C)(O)CN1CCN(C(=O)CC(N)=NO)CC1. The van der Waals surface area contributed by atoms with Gasteiger partial charge in [0.2, 0.25) is 5.91 Å². The van der Waals surface area contributed by atoms with Crippen molar-refractivity contribution < 1.29 is 15.1 Å². The first-order chi connectivity index (χ1) is 8.31. The van der Waals surface area contributed by atoms with Crippen LogP contribution >= 0.6 is 0 Å². The van der Waals surface area contributed by atoms with E-state index in [0.717, 1.165) is 13.1 Å². The van der Waals surface area contributed by atoms with Crippen LogP contribution in [0.25, 0.3) is 0 Å². The molecule has 1 aliphatic heterocycles. The Morgan fingerprint density at radius 1 is 1.33 bits per heavy atom. The van der Waals surface area contributed by atoms with Gasteiger partial charge in [0, 0.05) is 32.7 Å². The number of rotatable bonds is 4. The summed E-state index contributed by atoms with van der Waals surface area (Å²) in [4.78, 5) is 15.6. The van der Waals surface area contributed by atoms with Crippen molar-refractivity contribution in [2.75, 3.05) is 32.7 Å². The highest BCUT2D eigenvalue weighted by molar-refractivity contribution is 5.98. The van der Waals surface area contributed by atoms with Gasteiger partial charge in [0.05, 0.1) is 12.0 Å². The molecule has 0 aromatic carbocycles. The van der Waals surface area contributed by atoms with Crippen molar-refractivity contribution in [1.82, 2.24) is 9.80 Å². The number of carbonyl (C=O) groups is 1. The maximum absolute atomic E-state index is 11.7. The molecule has 0 unspecified atom stereocenters. The monoisotopic (exact) mass is 258 g/mol. The first-order valence-corrected chi connectivity index (χ1v) is 6.01. The van der Waals surface area contributed by atoms with Crippen molar-refractivity contribution in [3.05, 3.63) is 0 Å². The molecule has 0 atom stereocenters. The van der Waals surface area contributed by atoms with Crippen LogP contribution < -0.4 is 5.73 Å². The van der Waals surface area contributed by atoms with Gasteiger partial charge in [-0.25, -0.2) is 0 Å². The molecule has 0 aromatic rings. The molecule has 0 saturated carbocycles. The van der Waals surface area contributed by atoms with Crippen molar-refractivity contribution in [2.24, 2.45) is 10.9 Å². The normalized spacial score (nSPS) is 19.1. The first-order valence-electron chi connectivity index (χ1n) is 6.01. The lowest BCUT2D eigenvalue weighted by atomic mass is 10.1. The molecule has 1 aliphatic rings. The fourth-order valence-corrected chi connectivity index (χ4v) is 2.00. The zero-order chi connectivity index (χ0) is 13.8. The second kappa shape index (κ2) is 6.01. The minimum Gasteiger partial charge on any atom is -0.409 e.